The highest BCUT2D eigenvalue weighted by molar-refractivity contribution is 5.36. The van der Waals surface area contributed by atoms with Gasteiger partial charge >= 0.3 is 0 Å². The van der Waals surface area contributed by atoms with Gasteiger partial charge in [-0.15, -0.1) is 13.2 Å². The maximum Gasteiger partial charge on any atom is 0.225 e. The highest BCUT2D eigenvalue weighted by Crippen LogP contribution is 2.38. The topological polar surface area (TPSA) is 38.2 Å². The van der Waals surface area contributed by atoms with Crippen LogP contribution in [0.1, 0.15) is 0 Å². The second kappa shape index (κ2) is 3.98. The summed E-state index contributed by atoms with van der Waals surface area (Å²) in [6.07, 6.45) is 3.56. The molecule has 4 heteroatoms. The first-order valence-corrected chi connectivity index (χ1v) is 4.98. The van der Waals surface area contributed by atoms with Crippen LogP contribution in [0.2, 0.25) is 0 Å². The van der Waals surface area contributed by atoms with E-state index in [1.807, 2.05) is 6.07 Å². The molecule has 0 saturated carbocycles. The number of hydrogen-bond acceptors (Lipinski definition) is 4. The van der Waals surface area contributed by atoms with Gasteiger partial charge in [-0.3, -0.25) is 0 Å². The quantitative estimate of drug-likeness (QED) is 0.644. The van der Waals surface area contributed by atoms with Gasteiger partial charge in [0.15, 0.2) is 0 Å². The molecule has 3 rings (SSSR count). The second-order valence-corrected chi connectivity index (χ2v) is 3.90. The third-order valence-electron chi connectivity index (χ3n) is 2.70. The normalized spacial score (nSPS) is 20.9. The van der Waals surface area contributed by atoms with E-state index >= 15 is 0 Å². The Morgan fingerprint density at radius 3 is 2.27 bits per heavy atom. The van der Waals surface area contributed by atoms with Crippen LogP contribution in [0.5, 0.6) is 0 Å². The van der Waals surface area contributed by atoms with Crippen molar-refractivity contribution in [2.24, 2.45) is 5.41 Å². The first-order valence-electron chi connectivity index (χ1n) is 4.98. The Hall–Kier alpha value is -1.42. The van der Waals surface area contributed by atoms with E-state index in [1.165, 1.54) is 0 Å². The van der Waals surface area contributed by atoms with E-state index in [4.69, 9.17) is 4.74 Å². The van der Waals surface area contributed by atoms with Crippen molar-refractivity contribution in [2.45, 2.75) is 0 Å². The van der Waals surface area contributed by atoms with Gasteiger partial charge in [-0.2, -0.15) is 0 Å². The van der Waals surface area contributed by atoms with Crippen molar-refractivity contribution < 1.29 is 4.74 Å². The van der Waals surface area contributed by atoms with Crippen molar-refractivity contribution in [2.75, 3.05) is 31.2 Å². The molecule has 3 heterocycles. The highest BCUT2D eigenvalue weighted by atomic mass is 16.5. The molecule has 2 fully saturated rings. The molecule has 1 aromatic rings. The van der Waals surface area contributed by atoms with Gasteiger partial charge < -0.3 is 9.64 Å². The zero-order valence-corrected chi connectivity index (χ0v) is 8.72. The molecule has 0 aliphatic carbocycles. The van der Waals surface area contributed by atoms with E-state index in [0.29, 0.717) is 5.41 Å². The molecule has 0 amide bonds. The molecule has 80 valence electrons. The Kier molecular flexibility index (Phi) is 2.68. The van der Waals surface area contributed by atoms with Crippen LogP contribution in [0.15, 0.2) is 31.6 Å². The third-order valence-corrected chi connectivity index (χ3v) is 2.70. The average molecular weight is 205 g/mol. The van der Waals surface area contributed by atoms with Crippen LogP contribution >= 0.6 is 0 Å². The van der Waals surface area contributed by atoms with Crippen molar-refractivity contribution >= 4 is 5.95 Å². The summed E-state index contributed by atoms with van der Waals surface area (Å²) < 4.78 is 5.20. The Bertz CT molecular complexity index is 316. The number of hydrogen-bond donors (Lipinski definition) is 0. The second-order valence-electron chi connectivity index (χ2n) is 3.90. The Morgan fingerprint density at radius 1 is 1.20 bits per heavy atom. The smallest absolute Gasteiger partial charge is 0.225 e. The lowest BCUT2D eigenvalue weighted by Gasteiger charge is -2.54. The maximum absolute atomic E-state index is 5.20. The zero-order valence-electron chi connectivity index (χ0n) is 8.72. The van der Waals surface area contributed by atoms with Gasteiger partial charge in [0.2, 0.25) is 5.95 Å². The van der Waals surface area contributed by atoms with Crippen molar-refractivity contribution in [1.82, 2.24) is 9.97 Å². The van der Waals surface area contributed by atoms with Crippen LogP contribution in [-0.4, -0.2) is 36.3 Å². The summed E-state index contributed by atoms with van der Waals surface area (Å²) in [5, 5.41) is 0. The molecular weight excluding hydrogens is 190 g/mol. The molecule has 2 saturated heterocycles. The molecule has 0 unspecified atom stereocenters. The molecule has 4 nitrogen and oxygen atoms in total. The Morgan fingerprint density at radius 2 is 1.80 bits per heavy atom. The van der Waals surface area contributed by atoms with E-state index in [1.54, 1.807) is 12.4 Å². The number of anilines is 1. The van der Waals surface area contributed by atoms with Gasteiger partial charge in [-0.25, -0.2) is 9.97 Å². The van der Waals surface area contributed by atoms with Crippen LogP contribution in [0.3, 0.4) is 0 Å². The van der Waals surface area contributed by atoms with E-state index in [2.05, 4.69) is 28.0 Å². The monoisotopic (exact) mass is 205 g/mol. The number of rotatable bonds is 1. The summed E-state index contributed by atoms with van der Waals surface area (Å²) in [5.74, 6) is 0.847. The first kappa shape index (κ1) is 10.1. The van der Waals surface area contributed by atoms with Gasteiger partial charge in [0, 0.05) is 25.5 Å². The predicted octanol–water partition coefficient (Wildman–Crippen LogP) is 1.12. The fraction of sp³-hybridized carbons (Fsp3) is 0.455. The number of nitrogens with zero attached hydrogens (tertiary/aromatic N) is 3. The molecule has 0 bridgehead atoms. The molecule has 0 N–H and O–H groups in total. The van der Waals surface area contributed by atoms with Gasteiger partial charge in [0.1, 0.15) is 0 Å². The standard InChI is InChI=1S/C9H11N3O.C2H4/c1-2-10-8(11-3-1)12-4-9(5-12)6-13-7-9;1-2/h1-3H,4-7H2;1-2H2. The van der Waals surface area contributed by atoms with Gasteiger partial charge in [-0.05, 0) is 6.07 Å². The lowest BCUT2D eigenvalue weighted by molar-refractivity contribution is -0.127. The van der Waals surface area contributed by atoms with E-state index in [0.717, 1.165) is 32.3 Å². The van der Waals surface area contributed by atoms with Crippen molar-refractivity contribution in [3.05, 3.63) is 31.6 Å². The molecule has 0 radical (unpaired) electrons. The van der Waals surface area contributed by atoms with Gasteiger partial charge in [0.25, 0.3) is 0 Å². The van der Waals surface area contributed by atoms with Crippen LogP contribution in [0.4, 0.5) is 5.95 Å². The summed E-state index contributed by atoms with van der Waals surface area (Å²) in [5.41, 5.74) is 0.444. The summed E-state index contributed by atoms with van der Waals surface area (Å²) in [6.45, 7) is 9.93. The van der Waals surface area contributed by atoms with E-state index in [9.17, 15) is 0 Å². The highest BCUT2D eigenvalue weighted by Gasteiger charge is 2.49. The van der Waals surface area contributed by atoms with Crippen molar-refractivity contribution in [1.29, 1.82) is 0 Å². The van der Waals surface area contributed by atoms with Crippen LogP contribution in [0, 0.1) is 5.41 Å². The predicted molar refractivity (Wildman–Crippen MR) is 58.8 cm³/mol. The zero-order chi connectivity index (χ0) is 10.7. The first-order chi connectivity index (χ1) is 7.38. The molecule has 0 atom stereocenters. The number of aromatic nitrogens is 2. The van der Waals surface area contributed by atoms with Crippen LogP contribution < -0.4 is 4.90 Å². The SMILES string of the molecule is C=C.c1cnc(N2CC3(COC3)C2)nc1. The fourth-order valence-corrected chi connectivity index (χ4v) is 1.93. The number of ether oxygens (including phenoxy) is 1. The van der Waals surface area contributed by atoms with Crippen molar-refractivity contribution in [3.8, 4) is 0 Å². The molecule has 15 heavy (non-hydrogen) atoms. The minimum atomic E-state index is 0.444. The Labute approximate surface area is 89.6 Å². The lowest BCUT2D eigenvalue weighted by atomic mass is 9.78. The maximum atomic E-state index is 5.20. The lowest BCUT2D eigenvalue weighted by Crippen LogP contribution is -2.66. The summed E-state index contributed by atoms with van der Waals surface area (Å²) >= 11 is 0. The molecule has 1 spiro atoms. The van der Waals surface area contributed by atoms with E-state index in [-0.39, 0.29) is 0 Å². The van der Waals surface area contributed by atoms with Gasteiger partial charge in [0.05, 0.1) is 18.6 Å². The molecule has 2 aliphatic rings. The average Bonchev–Trinajstić information content (AvgIpc) is 2.18. The van der Waals surface area contributed by atoms with Crippen LogP contribution in [0.25, 0.3) is 0 Å². The minimum Gasteiger partial charge on any atom is -0.380 e. The molecule has 0 aromatic carbocycles. The van der Waals surface area contributed by atoms with Crippen LogP contribution in [-0.2, 0) is 4.74 Å². The largest absolute Gasteiger partial charge is 0.380 e. The van der Waals surface area contributed by atoms with Gasteiger partial charge in [-0.1, -0.05) is 0 Å². The van der Waals surface area contributed by atoms with E-state index < -0.39 is 0 Å². The molecular formula is C11H15N3O. The summed E-state index contributed by atoms with van der Waals surface area (Å²) in [7, 11) is 0. The molecule has 2 aliphatic heterocycles. The fourth-order valence-electron chi connectivity index (χ4n) is 1.93. The van der Waals surface area contributed by atoms with Crippen molar-refractivity contribution in [3.63, 3.8) is 0 Å². The third kappa shape index (κ3) is 1.72. The molecule has 1 aromatic heterocycles. The Balaban J connectivity index is 0.000000404. The minimum absolute atomic E-state index is 0.444. The summed E-state index contributed by atoms with van der Waals surface area (Å²) in [4.78, 5) is 10.6. The summed E-state index contributed by atoms with van der Waals surface area (Å²) in [6, 6.07) is 1.84.